The van der Waals surface area contributed by atoms with Crippen molar-refractivity contribution in [3.05, 3.63) is 34.5 Å². The number of rotatable bonds is 6. The third-order valence-corrected chi connectivity index (χ3v) is 6.18. The lowest BCUT2D eigenvalue weighted by molar-refractivity contribution is -0.154. The Labute approximate surface area is 151 Å². The number of carbonyl (C=O) groups excluding carboxylic acids is 2. The van der Waals surface area contributed by atoms with Crippen molar-refractivity contribution in [2.75, 3.05) is 13.2 Å². The second kappa shape index (κ2) is 6.25. The molecular formula is C19H23NO4S. The van der Waals surface area contributed by atoms with Crippen LogP contribution in [0.5, 0.6) is 0 Å². The first-order chi connectivity index (χ1) is 12.0. The van der Waals surface area contributed by atoms with E-state index in [0.29, 0.717) is 25.6 Å². The lowest BCUT2D eigenvalue weighted by Crippen LogP contribution is -2.40. The van der Waals surface area contributed by atoms with Gasteiger partial charge < -0.3 is 14.4 Å². The van der Waals surface area contributed by atoms with Gasteiger partial charge in [-0.2, -0.15) is 0 Å². The van der Waals surface area contributed by atoms with Gasteiger partial charge in [-0.3, -0.25) is 9.59 Å². The summed E-state index contributed by atoms with van der Waals surface area (Å²) >= 11 is 1.63. The highest BCUT2D eigenvalue weighted by Crippen LogP contribution is 2.52. The highest BCUT2D eigenvalue weighted by Gasteiger charge is 2.67. The van der Waals surface area contributed by atoms with E-state index in [2.05, 4.69) is 13.8 Å². The first-order valence-electron chi connectivity index (χ1n) is 8.85. The number of likely N-dealkylation sites (tertiary alicyclic amines) is 1. The molecule has 1 aromatic rings. The van der Waals surface area contributed by atoms with Gasteiger partial charge in [-0.25, -0.2) is 0 Å². The van der Waals surface area contributed by atoms with Crippen molar-refractivity contribution in [1.29, 1.82) is 0 Å². The minimum Gasteiger partial charge on any atom is -0.465 e. The van der Waals surface area contributed by atoms with E-state index in [1.54, 1.807) is 11.3 Å². The van der Waals surface area contributed by atoms with Crippen LogP contribution < -0.4 is 0 Å². The molecule has 6 heteroatoms. The van der Waals surface area contributed by atoms with Gasteiger partial charge in [0.15, 0.2) is 0 Å². The number of hydrogen-bond donors (Lipinski definition) is 0. The first-order valence-corrected chi connectivity index (χ1v) is 9.73. The monoisotopic (exact) mass is 361 g/mol. The summed E-state index contributed by atoms with van der Waals surface area (Å²) in [5, 5.41) is 2.01. The predicted octanol–water partition coefficient (Wildman–Crippen LogP) is 2.62. The largest absolute Gasteiger partial charge is 0.465 e. The third kappa shape index (κ3) is 2.81. The van der Waals surface area contributed by atoms with Crippen LogP contribution in [0.2, 0.25) is 0 Å². The summed E-state index contributed by atoms with van der Waals surface area (Å²) in [6.45, 7) is 5.67. The Kier molecular flexibility index (Phi) is 4.20. The number of ether oxygens (including phenoxy) is 2. The zero-order chi connectivity index (χ0) is 17.6. The van der Waals surface area contributed by atoms with E-state index in [1.165, 1.54) is 0 Å². The molecular weight excluding hydrogens is 338 g/mol. The molecule has 2 bridgehead atoms. The van der Waals surface area contributed by atoms with E-state index in [1.807, 2.05) is 34.6 Å². The summed E-state index contributed by atoms with van der Waals surface area (Å²) in [4.78, 5) is 28.6. The van der Waals surface area contributed by atoms with Gasteiger partial charge in [0.2, 0.25) is 5.91 Å². The second-order valence-corrected chi connectivity index (χ2v) is 8.56. The van der Waals surface area contributed by atoms with Crippen LogP contribution in [0.4, 0.5) is 0 Å². The Morgan fingerprint density at radius 1 is 1.52 bits per heavy atom. The molecule has 0 saturated carbocycles. The maximum absolute atomic E-state index is 13.0. The molecule has 5 nitrogen and oxygen atoms in total. The van der Waals surface area contributed by atoms with Crippen molar-refractivity contribution in [2.24, 2.45) is 17.8 Å². The maximum atomic E-state index is 13.0. The zero-order valence-corrected chi connectivity index (χ0v) is 15.3. The number of fused-ring (bicyclic) bond motifs is 1. The Bertz CT molecular complexity index is 698. The average molecular weight is 361 g/mol. The van der Waals surface area contributed by atoms with Crippen molar-refractivity contribution >= 4 is 23.2 Å². The van der Waals surface area contributed by atoms with E-state index in [-0.39, 0.29) is 18.0 Å². The molecule has 4 heterocycles. The van der Waals surface area contributed by atoms with Crippen LogP contribution in [-0.4, -0.2) is 41.6 Å². The summed E-state index contributed by atoms with van der Waals surface area (Å²) in [6.07, 6.45) is 4.40. The fourth-order valence-electron chi connectivity index (χ4n) is 4.06. The summed E-state index contributed by atoms with van der Waals surface area (Å²) < 4.78 is 11.6. The molecule has 1 aromatic heterocycles. The Morgan fingerprint density at radius 2 is 2.36 bits per heavy atom. The fraction of sp³-hybridized carbons (Fsp3) is 0.579. The molecule has 4 atom stereocenters. The molecule has 25 heavy (non-hydrogen) atoms. The Morgan fingerprint density at radius 3 is 3.08 bits per heavy atom. The first kappa shape index (κ1) is 16.8. The van der Waals surface area contributed by atoms with Gasteiger partial charge in [0.25, 0.3) is 0 Å². The van der Waals surface area contributed by atoms with Gasteiger partial charge in [0.1, 0.15) is 11.5 Å². The minimum absolute atomic E-state index is 0.00561. The predicted molar refractivity (Wildman–Crippen MR) is 93.9 cm³/mol. The van der Waals surface area contributed by atoms with Crippen molar-refractivity contribution < 1.29 is 19.1 Å². The Hall–Kier alpha value is -1.66. The fourth-order valence-corrected chi connectivity index (χ4v) is 4.78. The molecule has 1 spiro atoms. The lowest BCUT2D eigenvalue weighted by atomic mass is 9.77. The standard InChI is InChI=1S/C19H23NO4S/c1-12(2)6-8-23-18(22)15-14-5-7-19(24-14)11-20(17(21)16(15)19)10-13-4-3-9-25-13/h3-5,7,9,12,14-16H,6,8,10-11H2,1-2H3/t14-,15+,16-,19+/m0/s1. The molecule has 0 N–H and O–H groups in total. The number of amides is 1. The summed E-state index contributed by atoms with van der Waals surface area (Å²) in [6, 6.07) is 4.01. The highest BCUT2D eigenvalue weighted by molar-refractivity contribution is 7.09. The topological polar surface area (TPSA) is 55.8 Å². The number of thiophene rings is 1. The minimum atomic E-state index is -0.652. The molecule has 0 unspecified atom stereocenters. The van der Waals surface area contributed by atoms with E-state index in [4.69, 9.17) is 9.47 Å². The number of nitrogens with zero attached hydrogens (tertiary/aromatic N) is 1. The van der Waals surface area contributed by atoms with E-state index in [9.17, 15) is 9.59 Å². The Balaban J connectivity index is 1.49. The quantitative estimate of drug-likeness (QED) is 0.577. The third-order valence-electron chi connectivity index (χ3n) is 5.32. The van der Waals surface area contributed by atoms with Gasteiger partial charge >= 0.3 is 5.97 Å². The van der Waals surface area contributed by atoms with Gasteiger partial charge in [0, 0.05) is 4.88 Å². The number of carbonyl (C=O) groups is 2. The highest BCUT2D eigenvalue weighted by atomic mass is 32.1. The van der Waals surface area contributed by atoms with E-state index in [0.717, 1.165) is 11.3 Å². The van der Waals surface area contributed by atoms with Crippen LogP contribution in [0.1, 0.15) is 25.1 Å². The van der Waals surface area contributed by atoms with Gasteiger partial charge in [0.05, 0.1) is 31.7 Å². The molecule has 1 amide bonds. The molecule has 0 radical (unpaired) electrons. The molecule has 4 rings (SSSR count). The normalized spacial score (nSPS) is 32.7. The van der Waals surface area contributed by atoms with Crippen molar-refractivity contribution in [2.45, 2.75) is 38.5 Å². The van der Waals surface area contributed by atoms with E-state index >= 15 is 0 Å². The van der Waals surface area contributed by atoms with Crippen molar-refractivity contribution in [1.82, 2.24) is 4.90 Å². The van der Waals surface area contributed by atoms with Crippen LogP contribution in [-0.2, 0) is 25.6 Å². The van der Waals surface area contributed by atoms with Crippen LogP contribution in [0, 0.1) is 17.8 Å². The molecule has 3 aliphatic rings. The van der Waals surface area contributed by atoms with Crippen LogP contribution >= 0.6 is 11.3 Å². The zero-order valence-electron chi connectivity index (χ0n) is 14.5. The number of hydrogen-bond acceptors (Lipinski definition) is 5. The molecule has 0 aromatic carbocycles. The smallest absolute Gasteiger partial charge is 0.312 e. The second-order valence-electron chi connectivity index (χ2n) is 7.52. The molecule has 2 saturated heterocycles. The maximum Gasteiger partial charge on any atom is 0.312 e. The van der Waals surface area contributed by atoms with Crippen molar-refractivity contribution in [3.63, 3.8) is 0 Å². The lowest BCUT2D eigenvalue weighted by Gasteiger charge is -2.23. The van der Waals surface area contributed by atoms with Crippen molar-refractivity contribution in [3.8, 4) is 0 Å². The molecule has 0 aliphatic carbocycles. The van der Waals surface area contributed by atoms with Gasteiger partial charge in [-0.15, -0.1) is 11.3 Å². The van der Waals surface area contributed by atoms with Gasteiger partial charge in [-0.1, -0.05) is 32.1 Å². The molecule has 2 fully saturated rings. The van der Waals surface area contributed by atoms with Crippen LogP contribution in [0.3, 0.4) is 0 Å². The summed E-state index contributed by atoms with van der Waals surface area (Å²) in [7, 11) is 0. The molecule has 134 valence electrons. The average Bonchev–Trinajstić information content (AvgIpc) is 3.30. The van der Waals surface area contributed by atoms with Crippen LogP contribution in [0.25, 0.3) is 0 Å². The van der Waals surface area contributed by atoms with Crippen LogP contribution in [0.15, 0.2) is 29.7 Å². The number of esters is 1. The summed E-state index contributed by atoms with van der Waals surface area (Å²) in [5.41, 5.74) is -0.652. The van der Waals surface area contributed by atoms with E-state index < -0.39 is 17.4 Å². The van der Waals surface area contributed by atoms with Gasteiger partial charge in [-0.05, 0) is 23.8 Å². The SMILES string of the molecule is CC(C)CCOC(=O)[C@@H]1[C@@H]2C=C[C@]3(CN(Cc4cccs4)C(=O)[C@H]13)O2. The molecule has 3 aliphatic heterocycles. The summed E-state index contributed by atoms with van der Waals surface area (Å²) in [5.74, 6) is -0.781.